The largest absolute Gasteiger partial charge is 0.478 e. The normalized spacial score (nSPS) is 11.6. The number of nitrogens with one attached hydrogen (secondary N) is 3. The van der Waals surface area contributed by atoms with Gasteiger partial charge in [-0.15, -0.1) is 11.8 Å². The maximum atomic E-state index is 13.7. The lowest BCUT2D eigenvalue weighted by Gasteiger charge is -2.18. The first-order chi connectivity index (χ1) is 25.7. The summed E-state index contributed by atoms with van der Waals surface area (Å²) in [6.07, 6.45) is 1.63. The van der Waals surface area contributed by atoms with Gasteiger partial charge in [0.2, 0.25) is 5.91 Å². The topological polar surface area (TPSA) is 125 Å². The number of aromatic carboxylic acids is 1. The van der Waals surface area contributed by atoms with Crippen LogP contribution in [-0.4, -0.2) is 28.8 Å². The average Bonchev–Trinajstić information content (AvgIpc) is 3.19. The van der Waals surface area contributed by atoms with Gasteiger partial charge < -0.3 is 21.1 Å². The van der Waals surface area contributed by atoms with Crippen LogP contribution in [0.1, 0.15) is 42.7 Å². The lowest BCUT2D eigenvalue weighted by Crippen LogP contribution is -2.30. The Labute approximate surface area is 311 Å². The molecule has 0 aliphatic heterocycles. The summed E-state index contributed by atoms with van der Waals surface area (Å²) in [4.78, 5) is 52.8. The van der Waals surface area contributed by atoms with Crippen molar-refractivity contribution >= 4 is 52.9 Å². The molecule has 0 saturated carbocycles. The van der Waals surface area contributed by atoms with Gasteiger partial charge in [0.25, 0.3) is 11.8 Å². The number of hydrogen-bond acceptors (Lipinski definition) is 5. The molecule has 53 heavy (non-hydrogen) atoms. The highest BCUT2D eigenvalue weighted by molar-refractivity contribution is 8.00. The average molecular weight is 718 g/mol. The predicted octanol–water partition coefficient (Wildman–Crippen LogP) is 9.24. The van der Waals surface area contributed by atoms with Gasteiger partial charge in [-0.2, -0.15) is 0 Å². The Hall–Kier alpha value is -6.71. The second kappa shape index (κ2) is 17.0. The Morgan fingerprint density at radius 3 is 1.89 bits per heavy atom. The predicted molar refractivity (Wildman–Crippen MR) is 211 cm³/mol. The van der Waals surface area contributed by atoms with Gasteiger partial charge in [-0.3, -0.25) is 14.4 Å². The summed E-state index contributed by atoms with van der Waals surface area (Å²) in [5.74, 6) is -2.33. The fourth-order valence-corrected chi connectivity index (χ4v) is 6.48. The number of thioether (sulfide) groups is 1. The first kappa shape index (κ1) is 36.1. The van der Waals surface area contributed by atoms with E-state index in [1.165, 1.54) is 23.9 Å². The van der Waals surface area contributed by atoms with Crippen molar-refractivity contribution in [1.29, 1.82) is 0 Å². The van der Waals surface area contributed by atoms with E-state index < -0.39 is 23.0 Å². The van der Waals surface area contributed by atoms with Crippen LogP contribution in [0.2, 0.25) is 0 Å². The minimum absolute atomic E-state index is 0.0628. The van der Waals surface area contributed by atoms with Gasteiger partial charge in [0.05, 0.1) is 5.56 Å². The lowest BCUT2D eigenvalue weighted by atomic mass is 10.0. The molecule has 6 aromatic carbocycles. The molecule has 0 aliphatic rings. The SMILES string of the molecule is Cc1ccc(C(=O)O)cc1NC(=O)C(Sc1ccc(NC(=O)/C(=C/c2ccc(-c3ccccc3)cc2)NC(=O)c2ccccc2)cc1)c1ccccc1. The van der Waals surface area contributed by atoms with E-state index in [4.69, 9.17) is 0 Å². The van der Waals surface area contributed by atoms with Crippen LogP contribution in [0.5, 0.6) is 0 Å². The Morgan fingerprint density at radius 2 is 1.25 bits per heavy atom. The summed E-state index contributed by atoms with van der Waals surface area (Å²) in [6.45, 7) is 1.80. The van der Waals surface area contributed by atoms with Crippen molar-refractivity contribution in [2.75, 3.05) is 10.6 Å². The molecule has 0 spiro atoms. The Balaban J connectivity index is 1.20. The van der Waals surface area contributed by atoms with Gasteiger partial charge in [-0.25, -0.2) is 4.79 Å². The molecule has 4 N–H and O–H groups in total. The molecule has 1 atom stereocenters. The number of amides is 3. The minimum Gasteiger partial charge on any atom is -0.478 e. The number of aryl methyl sites for hydroxylation is 1. The molecule has 3 amide bonds. The van der Waals surface area contributed by atoms with Crippen LogP contribution in [0.3, 0.4) is 0 Å². The van der Waals surface area contributed by atoms with Crippen LogP contribution in [-0.2, 0) is 9.59 Å². The molecular weight excluding hydrogens is 683 g/mol. The molecule has 262 valence electrons. The fourth-order valence-electron chi connectivity index (χ4n) is 5.45. The number of carboxylic acid groups (broad SMARTS) is 1. The number of carbonyl (C=O) groups excluding carboxylic acids is 3. The second-order valence-corrected chi connectivity index (χ2v) is 13.3. The number of rotatable bonds is 12. The first-order valence-corrected chi connectivity index (χ1v) is 17.6. The zero-order valence-electron chi connectivity index (χ0n) is 28.7. The van der Waals surface area contributed by atoms with E-state index in [2.05, 4.69) is 16.0 Å². The number of benzene rings is 6. The Bertz CT molecular complexity index is 2260. The summed E-state index contributed by atoms with van der Waals surface area (Å²) in [6, 6.07) is 47.3. The van der Waals surface area contributed by atoms with E-state index in [9.17, 15) is 24.3 Å². The van der Waals surface area contributed by atoms with Gasteiger partial charge >= 0.3 is 5.97 Å². The smallest absolute Gasteiger partial charge is 0.335 e. The van der Waals surface area contributed by atoms with Gasteiger partial charge in [-0.05, 0) is 89.3 Å². The zero-order chi connectivity index (χ0) is 37.2. The number of carboxylic acids is 1. The third kappa shape index (κ3) is 9.55. The van der Waals surface area contributed by atoms with E-state index in [1.54, 1.807) is 67.6 Å². The number of carbonyl (C=O) groups is 4. The van der Waals surface area contributed by atoms with Crippen molar-refractivity contribution in [2.24, 2.45) is 0 Å². The summed E-state index contributed by atoms with van der Waals surface area (Å²) in [5, 5.41) is 17.4. The Morgan fingerprint density at radius 1 is 0.642 bits per heavy atom. The molecule has 0 saturated heterocycles. The van der Waals surface area contributed by atoms with E-state index in [1.807, 2.05) is 91.0 Å². The van der Waals surface area contributed by atoms with Gasteiger partial charge in [0.15, 0.2) is 0 Å². The molecule has 0 heterocycles. The molecule has 0 bridgehead atoms. The van der Waals surface area contributed by atoms with Gasteiger partial charge in [0, 0.05) is 21.8 Å². The molecule has 0 aliphatic carbocycles. The maximum Gasteiger partial charge on any atom is 0.335 e. The summed E-state index contributed by atoms with van der Waals surface area (Å²) in [5.41, 5.74) is 5.77. The van der Waals surface area contributed by atoms with Crippen molar-refractivity contribution in [3.8, 4) is 11.1 Å². The fraction of sp³-hybridized carbons (Fsp3) is 0.0455. The van der Waals surface area contributed by atoms with Crippen LogP contribution < -0.4 is 16.0 Å². The van der Waals surface area contributed by atoms with Crippen LogP contribution in [0.25, 0.3) is 17.2 Å². The van der Waals surface area contributed by atoms with Crippen molar-refractivity contribution in [2.45, 2.75) is 17.1 Å². The van der Waals surface area contributed by atoms with Gasteiger partial charge in [-0.1, -0.05) is 109 Å². The maximum absolute atomic E-state index is 13.7. The van der Waals surface area contributed by atoms with Crippen LogP contribution >= 0.6 is 11.8 Å². The molecule has 0 aromatic heterocycles. The van der Waals surface area contributed by atoms with E-state index in [0.29, 0.717) is 16.9 Å². The number of hydrogen-bond donors (Lipinski definition) is 4. The monoisotopic (exact) mass is 717 g/mol. The standard InChI is InChI=1S/C44H35N3O5S/c1-29-17-20-35(44(51)52)28-38(29)46-43(50)40(33-13-7-3-8-14-33)53-37-25-23-36(24-26-37)45-42(49)39(47-41(48)34-15-9-4-10-16-34)27-30-18-21-32(22-19-30)31-11-5-2-6-12-31/h2-28,40H,1H3,(H,45,49)(H,46,50)(H,47,48)(H,51,52)/b39-27-. The van der Waals surface area contributed by atoms with Crippen molar-refractivity contribution in [3.05, 3.63) is 191 Å². The second-order valence-electron chi connectivity index (χ2n) is 12.1. The van der Waals surface area contributed by atoms with E-state index in [-0.39, 0.29) is 17.2 Å². The number of anilines is 2. The van der Waals surface area contributed by atoms with Crippen LogP contribution in [0.15, 0.2) is 168 Å². The third-order valence-electron chi connectivity index (χ3n) is 8.31. The summed E-state index contributed by atoms with van der Waals surface area (Å²) < 4.78 is 0. The highest BCUT2D eigenvalue weighted by Gasteiger charge is 2.23. The minimum atomic E-state index is -1.08. The third-order valence-corrected chi connectivity index (χ3v) is 9.57. The van der Waals surface area contributed by atoms with Crippen molar-refractivity contribution in [3.63, 3.8) is 0 Å². The molecular formula is C44H35N3O5S. The Kier molecular flexibility index (Phi) is 11.6. The van der Waals surface area contributed by atoms with Crippen LogP contribution in [0.4, 0.5) is 11.4 Å². The van der Waals surface area contributed by atoms with Crippen molar-refractivity contribution in [1.82, 2.24) is 5.32 Å². The van der Waals surface area contributed by atoms with E-state index in [0.717, 1.165) is 32.7 Å². The highest BCUT2D eigenvalue weighted by Crippen LogP contribution is 2.37. The molecule has 1 unspecified atom stereocenters. The van der Waals surface area contributed by atoms with Crippen LogP contribution in [0, 0.1) is 6.92 Å². The summed E-state index contributed by atoms with van der Waals surface area (Å²) in [7, 11) is 0. The molecule has 8 nitrogen and oxygen atoms in total. The zero-order valence-corrected chi connectivity index (χ0v) is 29.5. The molecule has 9 heteroatoms. The first-order valence-electron chi connectivity index (χ1n) is 16.7. The van der Waals surface area contributed by atoms with Crippen molar-refractivity contribution < 1.29 is 24.3 Å². The molecule has 6 rings (SSSR count). The molecule has 0 fully saturated rings. The lowest BCUT2D eigenvalue weighted by molar-refractivity contribution is -0.116. The molecule has 6 aromatic rings. The quantitative estimate of drug-likeness (QED) is 0.0739. The van der Waals surface area contributed by atoms with Gasteiger partial charge in [0.1, 0.15) is 10.9 Å². The highest BCUT2D eigenvalue weighted by atomic mass is 32.2. The molecule has 0 radical (unpaired) electrons. The van der Waals surface area contributed by atoms with E-state index >= 15 is 0 Å². The summed E-state index contributed by atoms with van der Waals surface area (Å²) >= 11 is 1.32.